The molecular weight excluding hydrogens is 348 g/mol. The number of hydrogen-bond donors (Lipinski definition) is 1. The van der Waals surface area contributed by atoms with E-state index in [0.29, 0.717) is 5.02 Å². The number of aliphatic imine (C=N–C) groups is 1. The molecule has 23 heavy (non-hydrogen) atoms. The summed E-state index contributed by atoms with van der Waals surface area (Å²) in [5.41, 5.74) is -0.127. The summed E-state index contributed by atoms with van der Waals surface area (Å²) in [6.45, 7) is 1.65. The number of fused-ring (bicyclic) bond motifs is 1. The first-order valence-electron chi connectivity index (χ1n) is 7.71. The number of hydrogen-bond acceptors (Lipinski definition) is 5. The predicted molar refractivity (Wildman–Crippen MR) is 98.2 cm³/mol. The van der Waals surface area contributed by atoms with E-state index in [9.17, 15) is 5.11 Å². The number of halogens is 1. The van der Waals surface area contributed by atoms with Crippen molar-refractivity contribution in [3.63, 3.8) is 0 Å². The minimum atomic E-state index is -1.09. The zero-order valence-corrected chi connectivity index (χ0v) is 14.9. The Hall–Kier alpha value is -1.01. The molecule has 2 aliphatic rings. The lowest BCUT2D eigenvalue weighted by atomic mass is 9.98. The number of thiophene rings is 1. The lowest BCUT2D eigenvalue weighted by Gasteiger charge is -2.36. The average Bonchev–Trinajstić information content (AvgIpc) is 3.10. The third-order valence-electron chi connectivity index (χ3n) is 4.34. The van der Waals surface area contributed by atoms with Crippen LogP contribution in [0.2, 0.25) is 5.02 Å². The molecule has 2 aromatic rings. The summed E-state index contributed by atoms with van der Waals surface area (Å²) in [5, 5.41) is 15.2. The molecule has 1 fully saturated rings. The number of benzene rings is 1. The molecule has 1 N–H and O–H groups in total. The average molecular weight is 365 g/mol. The standard InChI is InChI=1S/C17H17ClN2OS2/c18-13-7-2-1-6-12(13)15-17(21,14-8-5-11-22-14)20-10-4-3-9-19-16(20)23-15/h1-2,5-8,11,15,21H,3-4,9-10H2. The molecule has 4 rings (SSSR count). The second-order valence-electron chi connectivity index (χ2n) is 5.75. The Morgan fingerprint density at radius 2 is 2.09 bits per heavy atom. The summed E-state index contributed by atoms with van der Waals surface area (Å²) >= 11 is 9.65. The quantitative estimate of drug-likeness (QED) is 0.853. The molecule has 1 saturated heterocycles. The van der Waals surface area contributed by atoms with Crippen molar-refractivity contribution in [2.45, 2.75) is 23.8 Å². The van der Waals surface area contributed by atoms with Gasteiger partial charge in [-0.05, 0) is 35.9 Å². The second-order valence-corrected chi connectivity index (χ2v) is 8.17. The summed E-state index contributed by atoms with van der Waals surface area (Å²) in [6.07, 6.45) is 2.11. The zero-order chi connectivity index (χ0) is 15.9. The molecule has 0 spiro atoms. The van der Waals surface area contributed by atoms with Crippen LogP contribution < -0.4 is 0 Å². The Bertz CT molecular complexity index is 734. The Labute approximate surface area is 149 Å². The lowest BCUT2D eigenvalue weighted by Crippen LogP contribution is -2.45. The second kappa shape index (κ2) is 6.13. The van der Waals surface area contributed by atoms with E-state index in [4.69, 9.17) is 16.6 Å². The van der Waals surface area contributed by atoms with Crippen LogP contribution in [0.15, 0.2) is 46.8 Å². The van der Waals surface area contributed by atoms with Crippen molar-refractivity contribution < 1.29 is 5.11 Å². The minimum Gasteiger partial charge on any atom is -0.365 e. The predicted octanol–water partition coefficient (Wildman–Crippen LogP) is 4.49. The third kappa shape index (κ3) is 2.50. The Morgan fingerprint density at radius 3 is 2.87 bits per heavy atom. The van der Waals surface area contributed by atoms with E-state index in [0.717, 1.165) is 41.5 Å². The zero-order valence-electron chi connectivity index (χ0n) is 12.5. The van der Waals surface area contributed by atoms with E-state index in [-0.39, 0.29) is 5.25 Å². The molecule has 0 bridgehead atoms. The Morgan fingerprint density at radius 1 is 1.22 bits per heavy atom. The highest BCUT2D eigenvalue weighted by Gasteiger charge is 2.54. The first kappa shape index (κ1) is 15.5. The fraction of sp³-hybridized carbons (Fsp3) is 0.353. The highest BCUT2D eigenvalue weighted by atomic mass is 35.5. The van der Waals surface area contributed by atoms with Crippen molar-refractivity contribution in [1.82, 2.24) is 4.90 Å². The summed E-state index contributed by atoms with van der Waals surface area (Å²) in [4.78, 5) is 7.72. The highest BCUT2D eigenvalue weighted by Crippen LogP contribution is 2.56. The first-order chi connectivity index (χ1) is 11.2. The normalized spacial score (nSPS) is 27.5. The molecule has 6 heteroatoms. The van der Waals surface area contributed by atoms with Crippen molar-refractivity contribution >= 4 is 39.9 Å². The van der Waals surface area contributed by atoms with Crippen LogP contribution in [0.5, 0.6) is 0 Å². The van der Waals surface area contributed by atoms with E-state index >= 15 is 0 Å². The molecule has 120 valence electrons. The van der Waals surface area contributed by atoms with Crippen molar-refractivity contribution in [3.8, 4) is 0 Å². The summed E-state index contributed by atoms with van der Waals surface area (Å²) < 4.78 is 0. The molecule has 1 aromatic heterocycles. The van der Waals surface area contributed by atoms with Gasteiger partial charge < -0.3 is 10.0 Å². The molecule has 0 aliphatic carbocycles. The fourth-order valence-electron chi connectivity index (χ4n) is 3.20. The molecule has 2 unspecified atom stereocenters. The maximum absolute atomic E-state index is 11.8. The van der Waals surface area contributed by atoms with Gasteiger partial charge in [-0.15, -0.1) is 11.3 Å². The molecule has 0 radical (unpaired) electrons. The van der Waals surface area contributed by atoms with Gasteiger partial charge in [0.05, 0.1) is 10.1 Å². The SMILES string of the molecule is OC1(c2cccs2)C(c2ccccc2Cl)SC2=NCCCCN21. The van der Waals surface area contributed by atoms with Gasteiger partial charge in [0, 0.05) is 18.1 Å². The van der Waals surface area contributed by atoms with Gasteiger partial charge in [-0.2, -0.15) is 0 Å². The summed E-state index contributed by atoms with van der Waals surface area (Å²) in [7, 11) is 0. The van der Waals surface area contributed by atoms with Gasteiger partial charge in [-0.25, -0.2) is 0 Å². The van der Waals surface area contributed by atoms with Gasteiger partial charge in [0.15, 0.2) is 10.9 Å². The number of rotatable bonds is 2. The van der Waals surface area contributed by atoms with Crippen LogP contribution >= 0.6 is 34.7 Å². The van der Waals surface area contributed by atoms with Crippen LogP contribution in [0, 0.1) is 0 Å². The Kier molecular flexibility index (Phi) is 4.13. The molecule has 2 aliphatic heterocycles. The van der Waals surface area contributed by atoms with Crippen molar-refractivity contribution in [2.75, 3.05) is 13.1 Å². The van der Waals surface area contributed by atoms with E-state index in [2.05, 4.69) is 4.90 Å². The van der Waals surface area contributed by atoms with Crippen molar-refractivity contribution in [3.05, 3.63) is 57.2 Å². The molecule has 1 aromatic carbocycles. The number of amidine groups is 1. The summed E-state index contributed by atoms with van der Waals surface area (Å²) in [5.74, 6) is 0. The summed E-state index contributed by atoms with van der Waals surface area (Å²) in [6, 6.07) is 11.8. The van der Waals surface area contributed by atoms with Crippen LogP contribution in [-0.4, -0.2) is 28.3 Å². The molecule has 3 heterocycles. The van der Waals surface area contributed by atoms with Crippen LogP contribution in [-0.2, 0) is 5.72 Å². The smallest absolute Gasteiger partial charge is 0.192 e. The number of aliphatic hydroxyl groups is 1. The number of thioether (sulfide) groups is 1. The Balaban J connectivity index is 1.87. The maximum atomic E-state index is 11.8. The largest absolute Gasteiger partial charge is 0.365 e. The number of nitrogens with zero attached hydrogens (tertiary/aromatic N) is 2. The molecule has 0 saturated carbocycles. The first-order valence-corrected chi connectivity index (χ1v) is 9.84. The van der Waals surface area contributed by atoms with Gasteiger partial charge in [0.25, 0.3) is 0 Å². The topological polar surface area (TPSA) is 35.8 Å². The van der Waals surface area contributed by atoms with E-state index < -0.39 is 5.72 Å². The van der Waals surface area contributed by atoms with Crippen molar-refractivity contribution in [2.24, 2.45) is 4.99 Å². The molecule has 0 amide bonds. The van der Waals surface area contributed by atoms with Gasteiger partial charge >= 0.3 is 0 Å². The van der Waals surface area contributed by atoms with E-state index in [1.54, 1.807) is 23.1 Å². The van der Waals surface area contributed by atoms with Crippen LogP contribution in [0.25, 0.3) is 0 Å². The van der Waals surface area contributed by atoms with E-state index in [1.807, 2.05) is 41.8 Å². The van der Waals surface area contributed by atoms with Crippen molar-refractivity contribution in [1.29, 1.82) is 0 Å². The van der Waals surface area contributed by atoms with Crippen LogP contribution in [0.1, 0.15) is 28.5 Å². The highest BCUT2D eigenvalue weighted by molar-refractivity contribution is 8.14. The molecular formula is C17H17ClN2OS2. The fourth-order valence-corrected chi connectivity index (χ4v) is 5.93. The van der Waals surface area contributed by atoms with Gasteiger partial charge in [0.1, 0.15) is 0 Å². The molecule has 2 atom stereocenters. The maximum Gasteiger partial charge on any atom is 0.192 e. The van der Waals surface area contributed by atoms with Crippen LogP contribution in [0.3, 0.4) is 0 Å². The van der Waals surface area contributed by atoms with Gasteiger partial charge in [0.2, 0.25) is 0 Å². The lowest BCUT2D eigenvalue weighted by molar-refractivity contribution is -0.0679. The minimum absolute atomic E-state index is 0.174. The van der Waals surface area contributed by atoms with E-state index in [1.165, 1.54) is 0 Å². The van der Waals surface area contributed by atoms with Gasteiger partial charge in [-0.1, -0.05) is 47.6 Å². The third-order valence-corrected chi connectivity index (χ3v) is 7.05. The molecule has 3 nitrogen and oxygen atoms in total. The van der Waals surface area contributed by atoms with Crippen LogP contribution in [0.4, 0.5) is 0 Å². The van der Waals surface area contributed by atoms with Gasteiger partial charge in [-0.3, -0.25) is 4.99 Å². The monoisotopic (exact) mass is 364 g/mol.